The van der Waals surface area contributed by atoms with E-state index in [2.05, 4.69) is 23.6 Å². The van der Waals surface area contributed by atoms with Crippen LogP contribution in [-0.4, -0.2) is 124 Å². The summed E-state index contributed by atoms with van der Waals surface area (Å²) in [4.78, 5) is 6.43. The van der Waals surface area contributed by atoms with E-state index < -0.39 is 0 Å². The fourth-order valence-corrected chi connectivity index (χ4v) is 17.9. The van der Waals surface area contributed by atoms with E-state index in [1.54, 1.807) is 0 Å². The van der Waals surface area contributed by atoms with Crippen molar-refractivity contribution < 1.29 is 37.9 Å². The normalized spacial score (nSPS) is 40.8. The van der Waals surface area contributed by atoms with E-state index in [1.807, 2.05) is 0 Å². The highest BCUT2D eigenvalue weighted by Crippen LogP contribution is 2.54. The molecule has 4 aliphatic heterocycles. The lowest BCUT2D eigenvalue weighted by molar-refractivity contribution is -0.172. The lowest BCUT2D eigenvalue weighted by Crippen LogP contribution is -2.54. The predicted molar refractivity (Wildman–Crippen MR) is 299 cm³/mol. The van der Waals surface area contributed by atoms with Crippen molar-refractivity contribution in [3.05, 3.63) is 0 Å². The second-order valence-corrected chi connectivity index (χ2v) is 27.4. The summed E-state index contributed by atoms with van der Waals surface area (Å²) in [5.41, 5.74) is 0.459. The molecule has 0 aromatic rings. The molecular weight excluding hydrogens is 937 g/mol. The molecule has 0 amide bonds. The Labute approximate surface area is 458 Å². The molecule has 0 radical (unpaired) electrons. The van der Waals surface area contributed by atoms with Gasteiger partial charge in [0.25, 0.3) is 0 Å². The minimum atomic E-state index is 0.0428. The van der Waals surface area contributed by atoms with E-state index in [-0.39, 0.29) is 25.2 Å². The minimum absolute atomic E-state index is 0.0428. The Bertz CT molecular complexity index is 1340. The fourth-order valence-electron chi connectivity index (χ4n) is 17.9. The van der Waals surface area contributed by atoms with Crippen LogP contribution in [0.3, 0.4) is 0 Å². The summed E-state index contributed by atoms with van der Waals surface area (Å²) in [6, 6.07) is 4.46. The van der Waals surface area contributed by atoms with Crippen molar-refractivity contribution in [2.75, 3.05) is 52.9 Å². The van der Waals surface area contributed by atoms with Crippen LogP contribution in [0.1, 0.15) is 258 Å². The first-order valence-corrected chi connectivity index (χ1v) is 33.4. The van der Waals surface area contributed by atoms with Gasteiger partial charge in [-0.25, -0.2) is 0 Å². The summed E-state index contributed by atoms with van der Waals surface area (Å²) >= 11 is 0. The van der Waals surface area contributed by atoms with Gasteiger partial charge in [0.15, 0.2) is 25.2 Å². The van der Waals surface area contributed by atoms with Crippen molar-refractivity contribution in [3.63, 3.8) is 0 Å². The molecule has 10 rings (SSSR count). The van der Waals surface area contributed by atoms with Crippen LogP contribution in [0.4, 0.5) is 0 Å². The molecule has 0 aromatic heterocycles. The van der Waals surface area contributed by atoms with Crippen LogP contribution in [0.25, 0.3) is 0 Å². The monoisotopic (exact) mass is 1050 g/mol. The molecule has 4 saturated heterocycles. The van der Waals surface area contributed by atoms with Crippen molar-refractivity contribution in [1.82, 2.24) is 9.80 Å². The van der Waals surface area contributed by atoms with E-state index >= 15 is 0 Å². The number of ether oxygens (including phenoxy) is 8. The smallest absolute Gasteiger partial charge is 0.157 e. The van der Waals surface area contributed by atoms with Gasteiger partial charge in [-0.1, -0.05) is 20.3 Å². The Balaban J connectivity index is 0.745. The highest BCUT2D eigenvalue weighted by atomic mass is 16.7. The molecular formula is C65H114N2O8. The molecule has 0 N–H and O–H groups in total. The summed E-state index contributed by atoms with van der Waals surface area (Å²) in [7, 11) is 0. The van der Waals surface area contributed by atoms with Gasteiger partial charge in [0, 0.05) is 62.7 Å². The summed E-state index contributed by atoms with van der Waals surface area (Å²) in [6.07, 6.45) is 49.8. The molecule has 10 aliphatic rings. The highest BCUT2D eigenvalue weighted by Gasteiger charge is 2.47. The Kier molecular flexibility index (Phi) is 23.2. The third-order valence-corrected chi connectivity index (χ3v) is 22.5. The van der Waals surface area contributed by atoms with Crippen molar-refractivity contribution in [2.24, 2.45) is 40.9 Å². The molecule has 10 fully saturated rings. The van der Waals surface area contributed by atoms with Gasteiger partial charge in [0.1, 0.15) is 0 Å². The first-order chi connectivity index (χ1) is 37.0. The first-order valence-electron chi connectivity index (χ1n) is 33.4. The van der Waals surface area contributed by atoms with Gasteiger partial charge in [-0.05, 0) is 278 Å². The maximum atomic E-state index is 6.40. The van der Waals surface area contributed by atoms with Gasteiger partial charge in [0.05, 0.1) is 26.4 Å². The Hall–Kier alpha value is -0.400. The van der Waals surface area contributed by atoms with Crippen molar-refractivity contribution in [1.29, 1.82) is 0 Å². The van der Waals surface area contributed by atoms with Gasteiger partial charge in [-0.15, -0.1) is 0 Å². The standard InChI is InChI=1S/C65H114N2O8/c1-3-40-65(2,53-24-36-59(37-25-53)66(55-28-16-49(17-29-55)45-72-61-12-4-8-41-68-61)56-30-18-50(19-31-56)46-73-62-13-5-9-42-69-62)54-26-38-60(39-27-54)67(57-32-20-51(21-33-57)47-74-63-14-6-10-43-70-63)58-34-22-52(23-35-58)48-75-64-15-7-11-44-71-64/h49-64H,3-48H2,1-2H3. The second kappa shape index (κ2) is 30.1. The van der Waals surface area contributed by atoms with Crippen LogP contribution < -0.4 is 0 Å². The van der Waals surface area contributed by atoms with Gasteiger partial charge < -0.3 is 37.9 Å². The number of nitrogens with zero attached hydrogens (tertiary/aromatic N) is 2. The van der Waals surface area contributed by atoms with Crippen LogP contribution in [0.15, 0.2) is 0 Å². The SMILES string of the molecule is CCCC(C)(C1CCC(N(C2CCC(COC3CCCCO3)CC2)C2CCC(COC3CCCCO3)CC2)CC1)C1CCC(N(C2CCC(COC3CCCCO3)CC2)C2CCC(COC3CCCCO3)CC2)CC1. The maximum Gasteiger partial charge on any atom is 0.157 e. The summed E-state index contributed by atoms with van der Waals surface area (Å²) < 4.78 is 49.5. The van der Waals surface area contributed by atoms with E-state index in [4.69, 9.17) is 37.9 Å². The molecule has 0 spiro atoms. The molecule has 10 nitrogen and oxygen atoms in total. The average molecular weight is 1050 g/mol. The number of rotatable bonds is 22. The predicted octanol–water partition coefficient (Wildman–Crippen LogP) is 14.9. The van der Waals surface area contributed by atoms with Crippen molar-refractivity contribution in [3.8, 4) is 0 Å². The molecule has 6 aliphatic carbocycles. The van der Waals surface area contributed by atoms with E-state index in [0.29, 0.717) is 29.1 Å². The number of hydrogen-bond donors (Lipinski definition) is 0. The summed E-state index contributed by atoms with van der Waals surface area (Å²) in [5.74, 6) is 4.51. The zero-order valence-electron chi connectivity index (χ0n) is 48.4. The van der Waals surface area contributed by atoms with Crippen molar-refractivity contribution >= 4 is 0 Å². The Morgan fingerprint density at radius 2 is 0.560 bits per heavy atom. The average Bonchev–Trinajstić information content (AvgIpc) is 3.48. The van der Waals surface area contributed by atoms with Crippen LogP contribution in [0.2, 0.25) is 0 Å². The molecule has 75 heavy (non-hydrogen) atoms. The Morgan fingerprint density at radius 3 is 0.773 bits per heavy atom. The molecule has 432 valence electrons. The van der Waals surface area contributed by atoms with E-state index in [0.717, 1.165) is 127 Å². The van der Waals surface area contributed by atoms with Crippen LogP contribution in [-0.2, 0) is 37.9 Å². The van der Waals surface area contributed by atoms with Crippen LogP contribution in [0, 0.1) is 40.9 Å². The molecule has 0 aromatic carbocycles. The summed E-state index contributed by atoms with van der Waals surface area (Å²) in [6.45, 7) is 12.4. The molecule has 4 heterocycles. The lowest BCUT2D eigenvalue weighted by atomic mass is 9.57. The molecule has 6 saturated carbocycles. The fraction of sp³-hybridized carbons (Fsp3) is 1.00. The van der Waals surface area contributed by atoms with E-state index in [9.17, 15) is 0 Å². The minimum Gasteiger partial charge on any atom is -0.353 e. The van der Waals surface area contributed by atoms with Gasteiger partial charge in [0.2, 0.25) is 0 Å². The number of hydrogen-bond acceptors (Lipinski definition) is 10. The summed E-state index contributed by atoms with van der Waals surface area (Å²) in [5, 5.41) is 0. The van der Waals surface area contributed by atoms with Crippen molar-refractivity contribution in [2.45, 2.75) is 319 Å². The zero-order chi connectivity index (χ0) is 51.1. The topological polar surface area (TPSA) is 80.3 Å². The zero-order valence-corrected chi connectivity index (χ0v) is 48.4. The molecule has 10 heteroatoms. The third-order valence-electron chi connectivity index (χ3n) is 22.5. The van der Waals surface area contributed by atoms with Gasteiger partial charge >= 0.3 is 0 Å². The molecule has 0 bridgehead atoms. The first kappa shape index (κ1) is 57.8. The van der Waals surface area contributed by atoms with Crippen LogP contribution in [0.5, 0.6) is 0 Å². The Morgan fingerprint density at radius 1 is 0.320 bits per heavy atom. The van der Waals surface area contributed by atoms with Gasteiger partial charge in [-0.3, -0.25) is 9.80 Å². The molecule has 4 unspecified atom stereocenters. The van der Waals surface area contributed by atoms with E-state index in [1.165, 1.54) is 218 Å². The molecule has 4 atom stereocenters. The second-order valence-electron chi connectivity index (χ2n) is 27.4. The maximum absolute atomic E-state index is 6.40. The van der Waals surface area contributed by atoms with Gasteiger partial charge in [-0.2, -0.15) is 0 Å². The third kappa shape index (κ3) is 16.4. The highest BCUT2D eigenvalue weighted by molar-refractivity contribution is 5.00. The lowest BCUT2D eigenvalue weighted by Gasteiger charge is -2.54. The quantitative estimate of drug-likeness (QED) is 0.105. The largest absolute Gasteiger partial charge is 0.353 e. The van der Waals surface area contributed by atoms with Crippen LogP contribution >= 0.6 is 0 Å².